The van der Waals surface area contributed by atoms with Crippen molar-refractivity contribution in [1.82, 2.24) is 39.9 Å². The fourth-order valence-electron chi connectivity index (χ4n) is 10.6. The number of hydroxylamine groups is 8. The predicted octanol–water partition coefficient (Wildman–Crippen LogP) is 5.26. The van der Waals surface area contributed by atoms with Gasteiger partial charge >= 0.3 is 23.9 Å². The number of carbonyl (C=O) groups excluding carboxylic acids is 8. The van der Waals surface area contributed by atoms with E-state index < -0.39 is 68.7 Å². The number of esters is 4. The molecule has 4 fully saturated rings. The Bertz CT molecular complexity index is 2080. The molecule has 0 spiro atoms. The lowest BCUT2D eigenvalue weighted by Crippen LogP contribution is -2.53. The largest absolute Gasteiger partial charge is 0.464 e. The molecule has 0 aromatic carbocycles. The summed E-state index contributed by atoms with van der Waals surface area (Å²) in [6.07, 6.45) is 6.65. The van der Waals surface area contributed by atoms with Crippen molar-refractivity contribution in [2.45, 2.75) is 208 Å². The summed E-state index contributed by atoms with van der Waals surface area (Å²) in [5, 5.41) is 6.46. The first-order valence-corrected chi connectivity index (χ1v) is 27.8. The van der Waals surface area contributed by atoms with Crippen LogP contribution < -0.4 is 0 Å². The highest BCUT2D eigenvalue weighted by atomic mass is 16.7. The molecule has 4 rings (SSSR count). The zero-order valence-electron chi connectivity index (χ0n) is 51.4. The molecule has 24 heteroatoms. The van der Waals surface area contributed by atoms with E-state index in [2.05, 4.69) is 13.2 Å². The van der Waals surface area contributed by atoms with Crippen LogP contribution in [-0.2, 0) is 76.7 Å². The van der Waals surface area contributed by atoms with Crippen molar-refractivity contribution in [2.75, 3.05) is 79.0 Å². The molecule has 4 saturated heterocycles. The Morgan fingerprint density at radius 1 is 0.362 bits per heavy atom. The third-order valence-corrected chi connectivity index (χ3v) is 14.5. The lowest BCUT2D eigenvalue weighted by atomic mass is 10.1. The Morgan fingerprint density at radius 2 is 0.562 bits per heavy atom. The molecule has 4 aliphatic heterocycles. The highest BCUT2D eigenvalue weighted by Gasteiger charge is 2.61. The lowest BCUT2D eigenvalue weighted by molar-refractivity contribution is -0.253. The maximum atomic E-state index is 13.0. The number of hydrogen-bond acceptors (Lipinski definition) is 20. The van der Waals surface area contributed by atoms with E-state index in [9.17, 15) is 38.4 Å². The van der Waals surface area contributed by atoms with Gasteiger partial charge in [0.05, 0.1) is 52.9 Å². The minimum absolute atomic E-state index is 0.111. The first-order valence-electron chi connectivity index (χ1n) is 27.8. The van der Waals surface area contributed by atoms with E-state index in [4.69, 9.17) is 38.3 Å². The highest BCUT2D eigenvalue weighted by molar-refractivity contribution is 5.93. The Labute approximate surface area is 475 Å². The third-order valence-electron chi connectivity index (χ3n) is 14.5. The van der Waals surface area contributed by atoms with Crippen LogP contribution in [0.3, 0.4) is 0 Å². The maximum Gasteiger partial charge on any atom is 0.325 e. The molecule has 80 heavy (non-hydrogen) atoms. The first kappa shape index (κ1) is 69.2. The van der Waals surface area contributed by atoms with Crippen LogP contribution >= 0.6 is 0 Å². The molecule has 24 nitrogen and oxygen atoms in total. The molecule has 0 bridgehead atoms. The molecule has 456 valence electrons. The molecule has 0 saturated carbocycles. The minimum Gasteiger partial charge on any atom is -0.464 e. The summed E-state index contributed by atoms with van der Waals surface area (Å²) in [6, 6.07) is 0. The fourth-order valence-corrected chi connectivity index (χ4v) is 10.6. The quantitative estimate of drug-likeness (QED) is 0.0386. The number of amides is 4. The summed E-state index contributed by atoms with van der Waals surface area (Å²) >= 11 is 0. The van der Waals surface area contributed by atoms with E-state index in [1.54, 1.807) is 115 Å². The van der Waals surface area contributed by atoms with Crippen molar-refractivity contribution in [3.8, 4) is 0 Å². The van der Waals surface area contributed by atoms with Crippen LogP contribution in [0.5, 0.6) is 0 Å². The fraction of sp³-hybridized carbons (Fsp3) is 0.786. The average molecular weight is 1140 g/mol. The van der Waals surface area contributed by atoms with Crippen molar-refractivity contribution in [2.24, 2.45) is 0 Å². The Balaban J connectivity index is 0.000000420. The Kier molecular flexibility index (Phi) is 24.0. The molecule has 4 amide bonds. The predicted molar refractivity (Wildman–Crippen MR) is 294 cm³/mol. The van der Waals surface area contributed by atoms with Crippen LogP contribution in [0.1, 0.15) is 163 Å². The normalized spacial score (nSPS) is 21.6. The van der Waals surface area contributed by atoms with Gasteiger partial charge in [-0.05, 0) is 149 Å². The Hall–Kier alpha value is -5.08. The number of unbranched alkanes of at least 4 members (excludes halogenated alkanes) is 2. The van der Waals surface area contributed by atoms with Crippen LogP contribution in [0.4, 0.5) is 0 Å². The second kappa shape index (κ2) is 27.8. The van der Waals surface area contributed by atoms with Crippen LogP contribution in [0, 0.1) is 0 Å². The number of rotatable bonds is 30. The van der Waals surface area contributed by atoms with E-state index in [1.807, 2.05) is 41.5 Å². The van der Waals surface area contributed by atoms with E-state index in [0.717, 1.165) is 12.8 Å². The molecule has 0 aliphatic carbocycles. The van der Waals surface area contributed by atoms with Gasteiger partial charge in [0.25, 0.3) is 0 Å². The standard InChI is InChI=1S/C28H50N4O8.C28H46N4O8/c2*1-11-15-39-31-25(3,4)23(35)29(27(31,7)8)19-21(33)37-17-13-14-18-38-22(34)20-30-24(36)26(5,6)32(28(30,9)10)40-16-12-2/h11-20H2,1-10H3;11-12H,1-2,13-20H2,3-10H3. The second-order valence-corrected chi connectivity index (χ2v) is 24.1. The first-order chi connectivity index (χ1) is 36.9. The molecule has 0 N–H and O–H groups in total. The number of carbonyl (C=O) groups is 8. The SMILES string of the molecule is C=CCON1C(C)(C)C(=O)N(CC(=O)OCCCCOC(=O)CN2C(=O)C(C)(C)N(OCC=C)C2(C)C)C1(C)C.CCCON1C(C)(C)C(=O)N(CC(=O)OCCCCOC(=O)CN2C(=O)C(C)(C)N(OCCC)C2(C)C)C1(C)C. The number of nitrogens with zero attached hydrogens (tertiary/aromatic N) is 8. The van der Waals surface area contributed by atoms with E-state index in [0.29, 0.717) is 38.9 Å². The van der Waals surface area contributed by atoms with Gasteiger partial charge in [-0.2, -0.15) is 0 Å². The zero-order valence-corrected chi connectivity index (χ0v) is 51.4. The number of ether oxygens (including phenoxy) is 4. The molecule has 4 aliphatic rings. The molecular formula is C56H96N8O16. The zero-order chi connectivity index (χ0) is 61.0. The smallest absolute Gasteiger partial charge is 0.325 e. The van der Waals surface area contributed by atoms with Gasteiger partial charge in [-0.25, -0.2) is 0 Å². The summed E-state index contributed by atoms with van der Waals surface area (Å²) in [5.41, 5.74) is -7.11. The van der Waals surface area contributed by atoms with Crippen LogP contribution in [0.15, 0.2) is 25.3 Å². The molecular weight excluding hydrogens is 1040 g/mol. The van der Waals surface area contributed by atoms with Crippen molar-refractivity contribution in [3.63, 3.8) is 0 Å². The summed E-state index contributed by atoms with van der Waals surface area (Å²) in [5.74, 6) is -3.02. The summed E-state index contributed by atoms with van der Waals surface area (Å²) in [7, 11) is 0. The van der Waals surface area contributed by atoms with Gasteiger partial charge in [-0.3, -0.25) is 57.7 Å². The molecule has 0 unspecified atom stereocenters. The van der Waals surface area contributed by atoms with Gasteiger partial charge in [-0.15, -0.1) is 33.4 Å². The number of hydrogen-bond donors (Lipinski definition) is 0. The van der Waals surface area contributed by atoms with Crippen molar-refractivity contribution in [1.29, 1.82) is 0 Å². The third kappa shape index (κ3) is 15.3. The molecule has 0 atom stereocenters. The van der Waals surface area contributed by atoms with Crippen molar-refractivity contribution >= 4 is 47.5 Å². The average Bonchev–Trinajstić information content (AvgIpc) is 3.70. The van der Waals surface area contributed by atoms with Gasteiger partial charge in [0.1, 0.15) is 71.0 Å². The van der Waals surface area contributed by atoms with E-state index in [1.165, 1.54) is 19.6 Å². The lowest BCUT2D eigenvalue weighted by Gasteiger charge is -2.38. The summed E-state index contributed by atoms with van der Waals surface area (Å²) < 4.78 is 21.3. The van der Waals surface area contributed by atoms with Gasteiger partial charge in [0.15, 0.2) is 0 Å². The van der Waals surface area contributed by atoms with Crippen molar-refractivity contribution < 1.29 is 76.7 Å². The van der Waals surface area contributed by atoms with Gasteiger partial charge in [-0.1, -0.05) is 26.0 Å². The molecule has 0 radical (unpaired) electrons. The second-order valence-electron chi connectivity index (χ2n) is 24.1. The minimum atomic E-state index is -0.960. The van der Waals surface area contributed by atoms with Crippen LogP contribution in [-0.4, -0.2) is 211 Å². The van der Waals surface area contributed by atoms with Crippen LogP contribution in [0.2, 0.25) is 0 Å². The van der Waals surface area contributed by atoms with E-state index in [-0.39, 0.29) is 89.4 Å². The van der Waals surface area contributed by atoms with Crippen molar-refractivity contribution in [3.05, 3.63) is 25.3 Å². The van der Waals surface area contributed by atoms with Gasteiger partial charge in [0, 0.05) is 0 Å². The molecule has 0 aromatic heterocycles. The highest BCUT2D eigenvalue weighted by Crippen LogP contribution is 2.42. The molecule has 4 heterocycles. The summed E-state index contributed by atoms with van der Waals surface area (Å²) in [6.45, 7) is 40.9. The maximum absolute atomic E-state index is 13.0. The molecule has 0 aromatic rings. The topological polar surface area (TPSA) is 236 Å². The van der Waals surface area contributed by atoms with Gasteiger partial charge < -0.3 is 38.5 Å². The van der Waals surface area contributed by atoms with Crippen LogP contribution in [0.25, 0.3) is 0 Å². The van der Waals surface area contributed by atoms with Gasteiger partial charge in [0.2, 0.25) is 23.6 Å². The monoisotopic (exact) mass is 1140 g/mol. The Morgan fingerprint density at radius 3 is 0.750 bits per heavy atom. The summed E-state index contributed by atoms with van der Waals surface area (Å²) in [4.78, 5) is 131. The van der Waals surface area contributed by atoms with E-state index >= 15 is 0 Å².